The highest BCUT2D eigenvalue weighted by Crippen LogP contribution is 2.28. The van der Waals surface area contributed by atoms with E-state index in [-0.39, 0.29) is 17.4 Å². The molecule has 1 aromatic carbocycles. The number of pyridine rings is 1. The van der Waals surface area contributed by atoms with E-state index in [2.05, 4.69) is 20.4 Å². The van der Waals surface area contributed by atoms with Crippen molar-refractivity contribution in [3.63, 3.8) is 0 Å². The monoisotopic (exact) mass is 312 g/mol. The number of ketones is 1. The first-order valence-corrected chi connectivity index (χ1v) is 6.87. The number of hydrogen-bond acceptors (Lipinski definition) is 5. The number of rotatable bonds is 4. The van der Waals surface area contributed by atoms with E-state index in [9.17, 15) is 9.18 Å². The Kier molecular flexibility index (Phi) is 3.84. The molecule has 0 fully saturated rings. The maximum absolute atomic E-state index is 13.5. The molecular weight excluding hydrogens is 299 g/mol. The number of H-pyrrole nitrogens is 1. The van der Waals surface area contributed by atoms with E-state index >= 15 is 0 Å². The number of hydrogen-bond donors (Lipinski definition) is 1. The van der Waals surface area contributed by atoms with Crippen LogP contribution in [0.15, 0.2) is 36.5 Å². The van der Waals surface area contributed by atoms with Crippen LogP contribution >= 0.6 is 0 Å². The van der Waals surface area contributed by atoms with E-state index in [1.807, 2.05) is 0 Å². The van der Waals surface area contributed by atoms with E-state index in [4.69, 9.17) is 4.74 Å². The molecule has 2 heterocycles. The van der Waals surface area contributed by atoms with Crippen molar-refractivity contribution in [3.8, 4) is 22.8 Å². The van der Waals surface area contributed by atoms with Crippen LogP contribution in [0, 0.1) is 12.9 Å². The van der Waals surface area contributed by atoms with Gasteiger partial charge < -0.3 is 4.74 Å². The minimum atomic E-state index is -0.489. The van der Waals surface area contributed by atoms with Gasteiger partial charge in [-0.15, -0.1) is 0 Å². The lowest BCUT2D eigenvalue weighted by atomic mass is 10.0. The van der Waals surface area contributed by atoms with Crippen LogP contribution in [0.4, 0.5) is 4.39 Å². The number of carbonyl (C=O) groups excluding carboxylic acids is 1. The maximum Gasteiger partial charge on any atom is 0.269 e. The molecule has 0 unspecified atom stereocenters. The predicted octanol–water partition coefficient (Wildman–Crippen LogP) is 3.31. The number of aromatic nitrogens is 4. The summed E-state index contributed by atoms with van der Waals surface area (Å²) in [5, 5.41) is 9.78. The van der Waals surface area contributed by atoms with Gasteiger partial charge in [0.2, 0.25) is 5.95 Å². The molecule has 0 radical (unpaired) electrons. The van der Waals surface area contributed by atoms with Crippen LogP contribution < -0.4 is 4.74 Å². The summed E-state index contributed by atoms with van der Waals surface area (Å²) in [6.07, 6.45) is 1.43. The number of halogens is 1. The third-order valence-corrected chi connectivity index (χ3v) is 3.39. The maximum atomic E-state index is 13.5. The van der Waals surface area contributed by atoms with Crippen LogP contribution in [0.2, 0.25) is 0 Å². The number of benzene rings is 1. The van der Waals surface area contributed by atoms with Crippen molar-refractivity contribution in [2.75, 3.05) is 0 Å². The van der Waals surface area contributed by atoms with Gasteiger partial charge in [-0.3, -0.25) is 9.89 Å². The summed E-state index contributed by atoms with van der Waals surface area (Å²) in [4.78, 5) is 15.0. The Hall–Kier alpha value is -3.09. The third kappa shape index (κ3) is 2.94. The van der Waals surface area contributed by atoms with Gasteiger partial charge in [-0.25, -0.2) is 4.98 Å². The number of ether oxygens (including phenoxy) is 1. The summed E-state index contributed by atoms with van der Waals surface area (Å²) < 4.78 is 19.1. The van der Waals surface area contributed by atoms with Gasteiger partial charge in [-0.2, -0.15) is 4.39 Å². The topological polar surface area (TPSA) is 80.8 Å². The van der Waals surface area contributed by atoms with E-state index in [0.29, 0.717) is 11.3 Å². The fourth-order valence-corrected chi connectivity index (χ4v) is 2.16. The molecule has 3 rings (SSSR count). The highest BCUT2D eigenvalue weighted by molar-refractivity contribution is 5.94. The minimum absolute atomic E-state index is 0.122. The summed E-state index contributed by atoms with van der Waals surface area (Å²) in [6, 6.07) is 8.77. The van der Waals surface area contributed by atoms with Gasteiger partial charge in [-0.05, 0) is 36.2 Å². The van der Waals surface area contributed by atoms with Crippen molar-refractivity contribution in [1.29, 1.82) is 0 Å². The highest BCUT2D eigenvalue weighted by atomic mass is 19.1. The van der Waals surface area contributed by atoms with Gasteiger partial charge in [0, 0.05) is 18.7 Å². The summed E-state index contributed by atoms with van der Waals surface area (Å²) >= 11 is 0. The molecule has 0 saturated heterocycles. The Bertz CT molecular complexity index is 859. The van der Waals surface area contributed by atoms with E-state index in [1.165, 1.54) is 13.1 Å². The number of nitrogens with one attached hydrogen (secondary N) is 1. The molecule has 6 nitrogen and oxygen atoms in total. The zero-order valence-electron chi connectivity index (χ0n) is 12.5. The smallest absolute Gasteiger partial charge is 0.269 e. The molecule has 116 valence electrons. The zero-order valence-corrected chi connectivity index (χ0v) is 12.5. The molecule has 0 aliphatic heterocycles. The first-order chi connectivity index (χ1) is 11.1. The predicted molar refractivity (Wildman–Crippen MR) is 80.8 cm³/mol. The summed E-state index contributed by atoms with van der Waals surface area (Å²) in [7, 11) is 0. The Balaban J connectivity index is 1.86. The van der Waals surface area contributed by atoms with Crippen molar-refractivity contribution >= 4 is 5.78 Å². The van der Waals surface area contributed by atoms with E-state index in [1.54, 1.807) is 37.3 Å². The molecule has 0 aliphatic carbocycles. The van der Waals surface area contributed by atoms with Crippen molar-refractivity contribution in [2.24, 2.45) is 0 Å². The lowest BCUT2D eigenvalue weighted by molar-refractivity contribution is 0.101. The van der Waals surface area contributed by atoms with Crippen molar-refractivity contribution < 1.29 is 13.9 Å². The average Bonchev–Trinajstić information content (AvgIpc) is 2.99. The Morgan fingerprint density at radius 3 is 2.65 bits per heavy atom. The van der Waals surface area contributed by atoms with Gasteiger partial charge in [0.1, 0.15) is 5.75 Å². The van der Waals surface area contributed by atoms with Crippen LogP contribution in [0.25, 0.3) is 11.1 Å². The van der Waals surface area contributed by atoms with Gasteiger partial charge in [-0.1, -0.05) is 22.4 Å². The lowest BCUT2D eigenvalue weighted by Gasteiger charge is -2.08. The molecule has 0 atom stereocenters. The molecule has 2 aromatic heterocycles. The second-order valence-electron chi connectivity index (χ2n) is 4.95. The van der Waals surface area contributed by atoms with Crippen LogP contribution in [-0.4, -0.2) is 26.2 Å². The molecule has 0 aliphatic rings. The van der Waals surface area contributed by atoms with Gasteiger partial charge in [0.05, 0.1) is 0 Å². The Labute approximate surface area is 131 Å². The standard InChI is InChI=1S/C16H13FN4O2/c1-9-13(7-8-18-15(9)17)11-3-5-12(6-4-11)23-16-14(10(2)22)19-21-20-16/h3-8H,1-2H3,(H,19,20,21). The highest BCUT2D eigenvalue weighted by Gasteiger charge is 2.14. The van der Waals surface area contributed by atoms with Crippen molar-refractivity contribution in [2.45, 2.75) is 13.8 Å². The molecule has 1 N–H and O–H groups in total. The summed E-state index contributed by atoms with van der Waals surface area (Å²) in [6.45, 7) is 3.07. The molecule has 3 aromatic rings. The van der Waals surface area contributed by atoms with Gasteiger partial charge in [0.15, 0.2) is 11.5 Å². The average molecular weight is 312 g/mol. The van der Waals surface area contributed by atoms with Crippen molar-refractivity contribution in [3.05, 3.63) is 53.7 Å². The first-order valence-electron chi connectivity index (χ1n) is 6.87. The third-order valence-electron chi connectivity index (χ3n) is 3.39. The molecule has 7 heteroatoms. The van der Waals surface area contributed by atoms with Crippen LogP contribution in [0.1, 0.15) is 23.0 Å². The largest absolute Gasteiger partial charge is 0.436 e. The van der Waals surface area contributed by atoms with Crippen LogP contribution in [0.5, 0.6) is 11.6 Å². The quantitative estimate of drug-likeness (QED) is 0.590. The molecule has 0 saturated carbocycles. The van der Waals surface area contributed by atoms with Crippen LogP contribution in [0.3, 0.4) is 0 Å². The molecule has 0 amide bonds. The zero-order chi connectivity index (χ0) is 16.4. The fourth-order valence-electron chi connectivity index (χ4n) is 2.16. The number of aromatic amines is 1. The Morgan fingerprint density at radius 1 is 1.22 bits per heavy atom. The minimum Gasteiger partial charge on any atom is -0.436 e. The van der Waals surface area contributed by atoms with E-state index in [0.717, 1.165) is 11.1 Å². The van der Waals surface area contributed by atoms with Gasteiger partial charge >= 0.3 is 0 Å². The summed E-state index contributed by atoms with van der Waals surface area (Å²) in [5.41, 5.74) is 2.29. The molecular formula is C16H13FN4O2. The van der Waals surface area contributed by atoms with Gasteiger partial charge in [0.25, 0.3) is 5.88 Å². The molecule has 0 spiro atoms. The van der Waals surface area contributed by atoms with E-state index < -0.39 is 5.95 Å². The molecule has 23 heavy (non-hydrogen) atoms. The van der Waals surface area contributed by atoms with Crippen molar-refractivity contribution in [1.82, 2.24) is 20.4 Å². The first kappa shape index (κ1) is 14.8. The fraction of sp³-hybridized carbons (Fsp3) is 0.125. The normalized spacial score (nSPS) is 10.6. The summed E-state index contributed by atoms with van der Waals surface area (Å²) in [5.74, 6) is -0.0882. The lowest BCUT2D eigenvalue weighted by Crippen LogP contribution is -1.96. The second-order valence-corrected chi connectivity index (χ2v) is 4.95. The SMILES string of the molecule is CC(=O)c1[nH]nnc1Oc1ccc(-c2ccnc(F)c2C)cc1. The molecule has 0 bridgehead atoms. The number of nitrogens with zero attached hydrogens (tertiary/aromatic N) is 3. The Morgan fingerprint density at radius 2 is 1.96 bits per heavy atom. The second kappa shape index (κ2) is 5.96. The van der Waals surface area contributed by atoms with Crippen LogP contribution in [-0.2, 0) is 0 Å². The number of carbonyl (C=O) groups is 1. The number of Topliss-reactive ketones (excluding diaryl/α,β-unsaturated/α-hetero) is 1.